The van der Waals surface area contributed by atoms with Crippen LogP contribution in [-0.2, 0) is 11.5 Å². The summed E-state index contributed by atoms with van der Waals surface area (Å²) < 4.78 is 5.72. The van der Waals surface area contributed by atoms with Gasteiger partial charge < -0.3 is 9.73 Å². The number of halogens is 1. The Morgan fingerprint density at radius 2 is 2.08 bits per heavy atom. The van der Waals surface area contributed by atoms with Crippen molar-refractivity contribution in [2.45, 2.75) is 50.2 Å². The number of carbonyl (C=O) groups excluding carboxylic acids is 1. The molecule has 0 saturated heterocycles. The number of nitrogens with one attached hydrogen (secondary N) is 1. The second-order valence-electron chi connectivity index (χ2n) is 6.73. The molecule has 0 bridgehead atoms. The minimum Gasteiger partial charge on any atom is -0.455 e. The van der Waals surface area contributed by atoms with Crippen LogP contribution in [0.5, 0.6) is 0 Å². The van der Waals surface area contributed by atoms with Crippen molar-refractivity contribution in [3.05, 3.63) is 58.5 Å². The molecule has 1 amide bonds. The molecule has 1 aromatic carbocycles. The van der Waals surface area contributed by atoms with E-state index in [2.05, 4.69) is 18.3 Å². The van der Waals surface area contributed by atoms with E-state index in [1.54, 1.807) is 17.8 Å². The number of hydrogen-bond donors (Lipinski definition) is 1. The highest BCUT2D eigenvalue weighted by Gasteiger charge is 2.24. The van der Waals surface area contributed by atoms with Crippen LogP contribution in [-0.4, -0.2) is 11.9 Å². The molecule has 0 radical (unpaired) electrons. The highest BCUT2D eigenvalue weighted by atomic mass is 35.5. The molecule has 1 aliphatic rings. The molecule has 1 N–H and O–H groups in total. The van der Waals surface area contributed by atoms with Gasteiger partial charge >= 0.3 is 0 Å². The summed E-state index contributed by atoms with van der Waals surface area (Å²) >= 11 is 7.74. The van der Waals surface area contributed by atoms with E-state index in [-0.39, 0.29) is 11.9 Å². The lowest BCUT2D eigenvalue weighted by atomic mass is 9.86. The minimum absolute atomic E-state index is 0.0927. The summed E-state index contributed by atoms with van der Waals surface area (Å²) in [5.41, 5.74) is 1.19. The van der Waals surface area contributed by atoms with Crippen molar-refractivity contribution >= 4 is 29.3 Å². The second kappa shape index (κ2) is 8.81. The summed E-state index contributed by atoms with van der Waals surface area (Å²) in [6, 6.07) is 11.8. The molecule has 1 aliphatic carbocycles. The first-order valence-electron chi connectivity index (χ1n) is 8.83. The van der Waals surface area contributed by atoms with Crippen molar-refractivity contribution < 1.29 is 9.21 Å². The smallest absolute Gasteiger partial charge is 0.287 e. The van der Waals surface area contributed by atoms with Gasteiger partial charge in [-0.25, -0.2) is 0 Å². The molecule has 1 aromatic heterocycles. The first-order chi connectivity index (χ1) is 12.1. The predicted molar refractivity (Wildman–Crippen MR) is 104 cm³/mol. The highest BCUT2D eigenvalue weighted by Crippen LogP contribution is 2.25. The molecule has 1 heterocycles. The number of amides is 1. The fourth-order valence-corrected chi connectivity index (χ4v) is 4.33. The lowest BCUT2D eigenvalue weighted by Crippen LogP contribution is -2.40. The largest absolute Gasteiger partial charge is 0.455 e. The zero-order valence-electron chi connectivity index (χ0n) is 14.5. The Morgan fingerprint density at radius 1 is 1.24 bits per heavy atom. The minimum atomic E-state index is -0.0927. The predicted octanol–water partition coefficient (Wildman–Crippen LogP) is 5.67. The van der Waals surface area contributed by atoms with Gasteiger partial charge in [-0.2, -0.15) is 0 Å². The van der Waals surface area contributed by atoms with E-state index in [1.165, 1.54) is 24.8 Å². The normalized spacial score (nSPS) is 20.4. The summed E-state index contributed by atoms with van der Waals surface area (Å²) in [5, 5.41) is 3.89. The molecule has 3 rings (SSSR count). The molecule has 0 unspecified atom stereocenters. The Bertz CT molecular complexity index is 715. The van der Waals surface area contributed by atoms with Gasteiger partial charge in [0.05, 0.1) is 5.75 Å². The zero-order valence-corrected chi connectivity index (χ0v) is 16.0. The molecule has 2 atom stereocenters. The lowest BCUT2D eigenvalue weighted by Gasteiger charge is -2.29. The Labute approximate surface area is 158 Å². The van der Waals surface area contributed by atoms with Crippen molar-refractivity contribution in [3.8, 4) is 0 Å². The van der Waals surface area contributed by atoms with Gasteiger partial charge in [0.2, 0.25) is 0 Å². The van der Waals surface area contributed by atoms with Gasteiger partial charge in [0, 0.05) is 16.8 Å². The van der Waals surface area contributed by atoms with Crippen molar-refractivity contribution in [3.63, 3.8) is 0 Å². The van der Waals surface area contributed by atoms with Crippen LogP contribution in [0, 0.1) is 5.92 Å². The number of hydrogen-bond acceptors (Lipinski definition) is 3. The van der Waals surface area contributed by atoms with Crippen molar-refractivity contribution in [1.82, 2.24) is 5.32 Å². The van der Waals surface area contributed by atoms with Gasteiger partial charge in [0.15, 0.2) is 5.76 Å². The summed E-state index contributed by atoms with van der Waals surface area (Å²) in [6.45, 7) is 2.21. The maximum absolute atomic E-state index is 12.4. The monoisotopic (exact) mass is 377 g/mol. The van der Waals surface area contributed by atoms with Crippen LogP contribution in [0.4, 0.5) is 0 Å². The zero-order chi connectivity index (χ0) is 17.6. The van der Waals surface area contributed by atoms with Crippen molar-refractivity contribution in [2.75, 3.05) is 0 Å². The standard InChI is InChI=1S/C20H24ClNO2S/c1-14-5-2-3-8-18(14)22-20(23)19-10-9-17(24-19)13-25-12-15-6-4-7-16(21)11-15/h4,6-7,9-11,14,18H,2-3,5,8,12-13H2,1H3,(H,22,23)/t14-,18-/m0/s1. The number of carbonyl (C=O) groups is 1. The third-order valence-electron chi connectivity index (χ3n) is 4.72. The summed E-state index contributed by atoms with van der Waals surface area (Å²) in [6.07, 6.45) is 4.71. The maximum atomic E-state index is 12.4. The summed E-state index contributed by atoms with van der Waals surface area (Å²) in [5.74, 6) is 3.29. The maximum Gasteiger partial charge on any atom is 0.287 e. The lowest BCUT2D eigenvalue weighted by molar-refractivity contribution is 0.0880. The fraction of sp³-hybridized carbons (Fsp3) is 0.450. The molecule has 0 spiro atoms. The molecule has 5 heteroatoms. The number of benzene rings is 1. The van der Waals surface area contributed by atoms with E-state index in [0.717, 1.165) is 28.7 Å². The van der Waals surface area contributed by atoms with Crippen molar-refractivity contribution in [1.29, 1.82) is 0 Å². The molecule has 134 valence electrons. The first kappa shape index (κ1) is 18.4. The van der Waals surface area contributed by atoms with E-state index >= 15 is 0 Å². The van der Waals surface area contributed by atoms with Crippen LogP contribution in [0.15, 0.2) is 40.8 Å². The van der Waals surface area contributed by atoms with Crippen LogP contribution in [0.1, 0.15) is 54.5 Å². The Morgan fingerprint density at radius 3 is 2.88 bits per heavy atom. The van der Waals surface area contributed by atoms with Crippen molar-refractivity contribution in [2.24, 2.45) is 5.92 Å². The summed E-state index contributed by atoms with van der Waals surface area (Å²) in [4.78, 5) is 12.4. The molecular formula is C20H24ClNO2S. The molecule has 1 saturated carbocycles. The average Bonchev–Trinajstić information content (AvgIpc) is 3.06. The van der Waals surface area contributed by atoms with Crippen LogP contribution in [0.3, 0.4) is 0 Å². The Hall–Kier alpha value is -1.39. The van der Waals surface area contributed by atoms with Crippen LogP contribution in [0.25, 0.3) is 0 Å². The topological polar surface area (TPSA) is 42.2 Å². The van der Waals surface area contributed by atoms with Gasteiger partial charge in [0.1, 0.15) is 5.76 Å². The van der Waals surface area contributed by atoms with E-state index in [4.69, 9.17) is 16.0 Å². The molecule has 3 nitrogen and oxygen atoms in total. The third-order valence-corrected chi connectivity index (χ3v) is 5.98. The van der Waals surface area contributed by atoms with Gasteiger partial charge in [-0.05, 0) is 48.6 Å². The number of rotatable bonds is 6. The number of thioether (sulfide) groups is 1. The SMILES string of the molecule is C[C@H]1CCCC[C@@H]1NC(=O)c1ccc(CSCc2cccc(Cl)c2)o1. The molecule has 0 aliphatic heterocycles. The third kappa shape index (κ3) is 5.29. The molecule has 25 heavy (non-hydrogen) atoms. The molecular weight excluding hydrogens is 354 g/mol. The van der Waals surface area contributed by atoms with Gasteiger partial charge in [0.25, 0.3) is 5.91 Å². The van der Waals surface area contributed by atoms with E-state index in [9.17, 15) is 4.79 Å². The molecule has 1 fully saturated rings. The van der Waals surface area contributed by atoms with Crippen LogP contribution < -0.4 is 5.32 Å². The van der Waals surface area contributed by atoms with E-state index in [0.29, 0.717) is 11.7 Å². The van der Waals surface area contributed by atoms with Gasteiger partial charge in [-0.1, -0.05) is 43.5 Å². The van der Waals surface area contributed by atoms with Gasteiger partial charge in [-0.15, -0.1) is 11.8 Å². The van der Waals surface area contributed by atoms with Gasteiger partial charge in [-0.3, -0.25) is 4.79 Å². The van der Waals surface area contributed by atoms with E-state index < -0.39 is 0 Å². The van der Waals surface area contributed by atoms with Crippen LogP contribution in [0.2, 0.25) is 5.02 Å². The Kier molecular flexibility index (Phi) is 6.49. The average molecular weight is 378 g/mol. The summed E-state index contributed by atoms with van der Waals surface area (Å²) in [7, 11) is 0. The second-order valence-corrected chi connectivity index (χ2v) is 8.15. The van der Waals surface area contributed by atoms with Crippen LogP contribution >= 0.6 is 23.4 Å². The quantitative estimate of drug-likeness (QED) is 0.704. The first-order valence-corrected chi connectivity index (χ1v) is 10.4. The Balaban J connectivity index is 1.49. The van der Waals surface area contributed by atoms with E-state index in [1.807, 2.05) is 24.3 Å². The fourth-order valence-electron chi connectivity index (χ4n) is 3.24. The highest BCUT2D eigenvalue weighted by molar-refractivity contribution is 7.97. The molecule has 2 aromatic rings. The number of furan rings is 1.